The minimum Gasteiger partial charge on any atom is -0.334 e. The molecule has 1 aromatic carbocycles. The molecule has 0 aliphatic heterocycles. The number of aromatic nitrogens is 2. The summed E-state index contributed by atoms with van der Waals surface area (Å²) >= 11 is 0. The maximum atomic E-state index is 10.9. The van der Waals surface area contributed by atoms with Crippen LogP contribution in [0.3, 0.4) is 0 Å². The van der Waals surface area contributed by atoms with E-state index in [9.17, 15) is 4.79 Å². The predicted octanol–water partition coefficient (Wildman–Crippen LogP) is 2.05. The van der Waals surface area contributed by atoms with Crippen LogP contribution in [0.2, 0.25) is 0 Å². The van der Waals surface area contributed by atoms with Crippen LogP contribution in [-0.4, -0.2) is 15.8 Å². The van der Waals surface area contributed by atoms with Crippen molar-refractivity contribution in [2.75, 3.05) is 0 Å². The van der Waals surface area contributed by atoms with Gasteiger partial charge in [-0.15, -0.1) is 0 Å². The highest BCUT2D eigenvalue weighted by Gasteiger charge is 2.19. The van der Waals surface area contributed by atoms with Crippen LogP contribution in [0, 0.1) is 0 Å². The molecule has 15 heavy (non-hydrogen) atoms. The summed E-state index contributed by atoms with van der Waals surface area (Å²) in [7, 11) is 1.96. The first-order valence-electron chi connectivity index (χ1n) is 4.92. The summed E-state index contributed by atoms with van der Waals surface area (Å²) in [6.07, 6.45) is 2.75. The number of fused-ring (bicyclic) bond motifs is 1. The van der Waals surface area contributed by atoms with Gasteiger partial charge in [-0.25, -0.2) is 4.98 Å². The van der Waals surface area contributed by atoms with Gasteiger partial charge in [-0.2, -0.15) is 0 Å². The summed E-state index contributed by atoms with van der Waals surface area (Å²) < 4.78 is 1.97. The summed E-state index contributed by atoms with van der Waals surface area (Å²) in [4.78, 5) is 15.2. The van der Waals surface area contributed by atoms with Gasteiger partial charge in [-0.05, 0) is 31.5 Å². The molecule has 0 saturated carbocycles. The Bertz CT molecular complexity index is 511. The van der Waals surface area contributed by atoms with E-state index >= 15 is 0 Å². The third kappa shape index (κ3) is 1.54. The third-order valence-corrected chi connectivity index (χ3v) is 2.76. The Labute approximate surface area is 88.7 Å². The molecule has 0 fully saturated rings. The predicted molar refractivity (Wildman–Crippen MR) is 59.8 cm³/mol. The second kappa shape index (κ2) is 3.19. The quantitative estimate of drug-likeness (QED) is 0.698. The van der Waals surface area contributed by atoms with E-state index in [1.54, 1.807) is 6.33 Å². The molecule has 0 aliphatic rings. The molecule has 0 N–H and O–H groups in total. The Balaban J connectivity index is 2.61. The van der Waals surface area contributed by atoms with Crippen molar-refractivity contribution in [3.05, 3.63) is 30.1 Å². The largest absolute Gasteiger partial charge is 0.334 e. The second-order valence-corrected chi connectivity index (χ2v) is 4.40. The van der Waals surface area contributed by atoms with E-state index in [1.807, 2.05) is 43.7 Å². The van der Waals surface area contributed by atoms with Crippen molar-refractivity contribution in [2.45, 2.75) is 19.3 Å². The smallest absolute Gasteiger partial charge is 0.129 e. The average molecular weight is 202 g/mol. The first-order chi connectivity index (χ1) is 7.04. The van der Waals surface area contributed by atoms with Gasteiger partial charge in [0.2, 0.25) is 0 Å². The Morgan fingerprint density at radius 3 is 2.80 bits per heavy atom. The van der Waals surface area contributed by atoms with Crippen molar-refractivity contribution >= 4 is 17.3 Å². The Morgan fingerprint density at radius 2 is 2.13 bits per heavy atom. The lowest BCUT2D eigenvalue weighted by atomic mass is 9.86. The zero-order valence-electron chi connectivity index (χ0n) is 9.19. The monoisotopic (exact) mass is 202 g/mol. The maximum absolute atomic E-state index is 10.9. The van der Waals surface area contributed by atoms with Gasteiger partial charge in [0, 0.05) is 12.5 Å². The number of hydrogen-bond acceptors (Lipinski definition) is 2. The number of aryl methyl sites for hydroxylation is 1. The molecule has 0 unspecified atom stereocenters. The van der Waals surface area contributed by atoms with Gasteiger partial charge in [0.05, 0.1) is 17.4 Å². The molecule has 0 aliphatic carbocycles. The molecule has 0 amide bonds. The van der Waals surface area contributed by atoms with E-state index in [-0.39, 0.29) is 0 Å². The Hall–Kier alpha value is -1.64. The molecule has 0 radical (unpaired) electrons. The van der Waals surface area contributed by atoms with E-state index in [0.29, 0.717) is 0 Å². The van der Waals surface area contributed by atoms with E-state index in [2.05, 4.69) is 4.98 Å². The fourth-order valence-electron chi connectivity index (χ4n) is 1.60. The first kappa shape index (κ1) is 9.90. The number of aldehydes is 1. The molecular formula is C12H14N2O. The lowest BCUT2D eigenvalue weighted by Crippen LogP contribution is -2.18. The molecule has 1 heterocycles. The van der Waals surface area contributed by atoms with Crippen molar-refractivity contribution in [2.24, 2.45) is 7.05 Å². The zero-order chi connectivity index (χ0) is 11.1. The molecule has 0 saturated heterocycles. The zero-order valence-corrected chi connectivity index (χ0v) is 9.19. The fraction of sp³-hybridized carbons (Fsp3) is 0.333. The molecule has 3 nitrogen and oxygen atoms in total. The highest BCUT2D eigenvalue weighted by atomic mass is 16.1. The first-order valence-corrected chi connectivity index (χ1v) is 4.92. The summed E-state index contributed by atoms with van der Waals surface area (Å²) in [6.45, 7) is 3.81. The van der Waals surface area contributed by atoms with Crippen LogP contribution in [0.4, 0.5) is 0 Å². The molecular weight excluding hydrogens is 188 g/mol. The molecule has 3 heteroatoms. The Morgan fingerprint density at radius 1 is 1.40 bits per heavy atom. The van der Waals surface area contributed by atoms with Crippen molar-refractivity contribution in [3.63, 3.8) is 0 Å². The fourth-order valence-corrected chi connectivity index (χ4v) is 1.60. The molecule has 1 aromatic heterocycles. The number of hydrogen-bond donors (Lipinski definition) is 0. The molecule has 0 atom stereocenters. The average Bonchev–Trinajstić information content (AvgIpc) is 2.60. The molecule has 0 spiro atoms. The SMILES string of the molecule is Cn1cnc2cc(C(C)(C)C=O)ccc21. The van der Waals surface area contributed by atoms with Crippen molar-refractivity contribution in [3.8, 4) is 0 Å². The number of nitrogens with zero attached hydrogens (tertiary/aromatic N) is 2. The van der Waals surface area contributed by atoms with Crippen molar-refractivity contribution in [1.82, 2.24) is 9.55 Å². The molecule has 78 valence electrons. The minimum atomic E-state index is -0.439. The number of benzene rings is 1. The van der Waals surface area contributed by atoms with Gasteiger partial charge in [-0.1, -0.05) is 6.07 Å². The van der Waals surface area contributed by atoms with Crippen LogP contribution < -0.4 is 0 Å². The summed E-state index contributed by atoms with van der Waals surface area (Å²) in [5.41, 5.74) is 2.58. The molecule has 0 bridgehead atoms. The highest BCUT2D eigenvalue weighted by molar-refractivity contribution is 5.78. The van der Waals surface area contributed by atoms with E-state index in [4.69, 9.17) is 0 Å². The van der Waals surface area contributed by atoms with Gasteiger partial charge < -0.3 is 9.36 Å². The van der Waals surface area contributed by atoms with Crippen molar-refractivity contribution in [1.29, 1.82) is 0 Å². The Kier molecular flexibility index (Phi) is 2.11. The van der Waals surface area contributed by atoms with E-state index in [1.165, 1.54) is 0 Å². The normalized spacial score (nSPS) is 11.9. The van der Waals surface area contributed by atoms with Crippen LogP contribution in [-0.2, 0) is 17.3 Å². The number of rotatable bonds is 2. The summed E-state index contributed by atoms with van der Waals surface area (Å²) in [6, 6.07) is 5.96. The summed E-state index contributed by atoms with van der Waals surface area (Å²) in [5.74, 6) is 0. The van der Waals surface area contributed by atoms with Crippen LogP contribution in [0.15, 0.2) is 24.5 Å². The number of carbonyl (C=O) groups excluding carboxylic acids is 1. The van der Waals surface area contributed by atoms with Crippen molar-refractivity contribution < 1.29 is 4.79 Å². The van der Waals surface area contributed by atoms with Crippen LogP contribution >= 0.6 is 0 Å². The van der Waals surface area contributed by atoms with Crippen LogP contribution in [0.25, 0.3) is 11.0 Å². The standard InChI is InChI=1S/C12H14N2O/c1-12(2,7-15)9-4-5-11-10(6-9)13-8-14(11)3/h4-8H,1-3H3. The molecule has 2 aromatic rings. The lowest BCUT2D eigenvalue weighted by Gasteiger charge is -2.16. The third-order valence-electron chi connectivity index (χ3n) is 2.76. The van der Waals surface area contributed by atoms with Gasteiger partial charge in [0.25, 0.3) is 0 Å². The van der Waals surface area contributed by atoms with Gasteiger partial charge in [-0.3, -0.25) is 0 Å². The lowest BCUT2D eigenvalue weighted by molar-refractivity contribution is -0.111. The van der Waals surface area contributed by atoms with Crippen LogP contribution in [0.5, 0.6) is 0 Å². The maximum Gasteiger partial charge on any atom is 0.129 e. The van der Waals surface area contributed by atoms with E-state index < -0.39 is 5.41 Å². The van der Waals surface area contributed by atoms with Gasteiger partial charge in [0.1, 0.15) is 6.29 Å². The number of imidazole rings is 1. The van der Waals surface area contributed by atoms with E-state index in [0.717, 1.165) is 22.9 Å². The minimum absolute atomic E-state index is 0.439. The van der Waals surface area contributed by atoms with Gasteiger partial charge >= 0.3 is 0 Å². The number of carbonyl (C=O) groups is 1. The van der Waals surface area contributed by atoms with Gasteiger partial charge in [0.15, 0.2) is 0 Å². The van der Waals surface area contributed by atoms with Crippen LogP contribution in [0.1, 0.15) is 19.4 Å². The molecule has 2 rings (SSSR count). The highest BCUT2D eigenvalue weighted by Crippen LogP contribution is 2.24. The second-order valence-electron chi connectivity index (χ2n) is 4.40. The summed E-state index contributed by atoms with van der Waals surface area (Å²) in [5, 5.41) is 0. The topological polar surface area (TPSA) is 34.9 Å².